The zero-order valence-corrected chi connectivity index (χ0v) is 23.9. The molecule has 1 aromatic rings. The van der Waals surface area contributed by atoms with E-state index in [9.17, 15) is 24.6 Å². The highest BCUT2D eigenvalue weighted by Gasteiger charge is 2.50. The minimum Gasteiger partial charge on any atom is -0.447 e. The minimum atomic E-state index is -1.93. The normalized spacial score (nSPS) is 25.0. The van der Waals surface area contributed by atoms with E-state index in [0.29, 0.717) is 13.0 Å². The van der Waals surface area contributed by atoms with E-state index in [1.54, 1.807) is 0 Å². The van der Waals surface area contributed by atoms with Crippen LogP contribution in [0.3, 0.4) is 0 Å². The van der Waals surface area contributed by atoms with Crippen LogP contribution in [0.5, 0.6) is 0 Å². The van der Waals surface area contributed by atoms with Crippen LogP contribution in [0.25, 0.3) is 0 Å². The fourth-order valence-corrected chi connectivity index (χ4v) is 4.79. The SMILES string of the molecule is CO[C@H](C(=O)N1C(=O)OC[C@@H]1C(C)C)[C@H]1O[C@](O)(CCCOC[C@@H](CO)OCc2ccccc2)C(Br)=CC1=O. The zero-order chi connectivity index (χ0) is 28.6. The van der Waals surface area contributed by atoms with Gasteiger partial charge in [-0.25, -0.2) is 9.69 Å². The second kappa shape index (κ2) is 14.4. The molecule has 2 aliphatic rings. The summed E-state index contributed by atoms with van der Waals surface area (Å²) in [4.78, 5) is 39.3. The second-order valence-corrected chi connectivity index (χ2v) is 10.6. The third-order valence-corrected chi connectivity index (χ3v) is 7.42. The predicted molar refractivity (Wildman–Crippen MR) is 142 cm³/mol. The van der Waals surface area contributed by atoms with E-state index in [0.717, 1.165) is 16.5 Å². The third kappa shape index (κ3) is 7.94. The van der Waals surface area contributed by atoms with Crippen molar-refractivity contribution >= 4 is 33.7 Å². The average molecular weight is 614 g/mol. The number of rotatable bonds is 14. The Morgan fingerprint density at radius 2 is 1.97 bits per heavy atom. The molecule has 0 spiro atoms. The lowest BCUT2D eigenvalue weighted by atomic mass is 9.98. The number of cyclic esters (lactones) is 1. The van der Waals surface area contributed by atoms with Crippen LogP contribution in [-0.4, -0.2) is 96.6 Å². The first-order valence-electron chi connectivity index (χ1n) is 12.8. The lowest BCUT2D eigenvalue weighted by Crippen LogP contribution is -2.57. The molecule has 1 fully saturated rings. The average Bonchev–Trinajstić information content (AvgIpc) is 3.31. The molecule has 0 aliphatic carbocycles. The number of nitrogens with zero attached hydrogens (tertiary/aromatic N) is 1. The van der Waals surface area contributed by atoms with Gasteiger partial charge in [0.1, 0.15) is 12.7 Å². The summed E-state index contributed by atoms with van der Waals surface area (Å²) in [6.45, 7) is 4.20. The molecule has 0 radical (unpaired) electrons. The summed E-state index contributed by atoms with van der Waals surface area (Å²) in [6.07, 6.45) is -2.81. The van der Waals surface area contributed by atoms with Gasteiger partial charge in [-0.05, 0) is 39.9 Å². The monoisotopic (exact) mass is 613 g/mol. The fraction of sp³-hybridized carbons (Fsp3) is 0.593. The van der Waals surface area contributed by atoms with Crippen LogP contribution in [0.2, 0.25) is 0 Å². The smallest absolute Gasteiger partial charge is 0.417 e. The summed E-state index contributed by atoms with van der Waals surface area (Å²) in [5.74, 6) is -3.39. The molecule has 5 atom stereocenters. The maximum Gasteiger partial charge on any atom is 0.417 e. The van der Waals surface area contributed by atoms with Crippen molar-refractivity contribution in [2.75, 3.05) is 33.5 Å². The molecule has 0 saturated carbocycles. The van der Waals surface area contributed by atoms with E-state index in [-0.39, 0.29) is 43.2 Å². The topological polar surface area (TPSA) is 141 Å². The molecule has 2 aliphatic heterocycles. The molecule has 0 aromatic heterocycles. The number of carbonyl (C=O) groups is 3. The van der Waals surface area contributed by atoms with Gasteiger partial charge in [0.2, 0.25) is 0 Å². The largest absolute Gasteiger partial charge is 0.447 e. The van der Waals surface area contributed by atoms with Crippen LogP contribution >= 0.6 is 15.9 Å². The zero-order valence-electron chi connectivity index (χ0n) is 22.3. The van der Waals surface area contributed by atoms with Crippen molar-refractivity contribution in [1.82, 2.24) is 4.90 Å². The lowest BCUT2D eigenvalue weighted by Gasteiger charge is -2.38. The Morgan fingerprint density at radius 1 is 1.26 bits per heavy atom. The van der Waals surface area contributed by atoms with Gasteiger partial charge in [-0.3, -0.25) is 9.59 Å². The number of methoxy groups -OCH3 is 1. The summed E-state index contributed by atoms with van der Waals surface area (Å²) in [5, 5.41) is 20.8. The Labute approximate surface area is 236 Å². The summed E-state index contributed by atoms with van der Waals surface area (Å²) in [7, 11) is 1.22. The summed E-state index contributed by atoms with van der Waals surface area (Å²) < 4.78 is 27.5. The van der Waals surface area contributed by atoms with Gasteiger partial charge in [0.15, 0.2) is 23.8 Å². The number of imide groups is 1. The van der Waals surface area contributed by atoms with Crippen molar-refractivity contribution in [3.63, 3.8) is 0 Å². The van der Waals surface area contributed by atoms with Crippen LogP contribution in [0.15, 0.2) is 40.9 Å². The van der Waals surface area contributed by atoms with E-state index in [1.807, 2.05) is 44.2 Å². The number of amides is 2. The number of aliphatic hydroxyl groups excluding tert-OH is 1. The molecule has 1 saturated heterocycles. The molecular weight excluding hydrogens is 578 g/mol. The van der Waals surface area contributed by atoms with Gasteiger partial charge in [-0.15, -0.1) is 0 Å². The molecule has 1 aromatic carbocycles. The molecule has 216 valence electrons. The molecule has 3 rings (SSSR count). The molecule has 11 nitrogen and oxygen atoms in total. The van der Waals surface area contributed by atoms with Gasteiger partial charge >= 0.3 is 6.09 Å². The quantitative estimate of drug-likeness (QED) is 0.300. The number of hydrogen-bond acceptors (Lipinski definition) is 10. The molecule has 2 amide bonds. The van der Waals surface area contributed by atoms with Gasteiger partial charge in [0, 0.05) is 20.1 Å². The first-order chi connectivity index (χ1) is 18.6. The predicted octanol–water partition coefficient (Wildman–Crippen LogP) is 2.31. The molecule has 12 heteroatoms. The summed E-state index contributed by atoms with van der Waals surface area (Å²) in [6, 6.07) is 9.04. The highest BCUT2D eigenvalue weighted by molar-refractivity contribution is 9.11. The molecule has 0 unspecified atom stereocenters. The number of benzene rings is 1. The Morgan fingerprint density at radius 3 is 2.62 bits per heavy atom. The first kappa shape index (κ1) is 31.3. The Balaban J connectivity index is 1.55. The van der Waals surface area contributed by atoms with Crippen LogP contribution in [0, 0.1) is 5.92 Å². The maximum atomic E-state index is 13.3. The number of aliphatic hydroxyl groups is 2. The van der Waals surface area contributed by atoms with Crippen molar-refractivity contribution in [1.29, 1.82) is 0 Å². The van der Waals surface area contributed by atoms with Crippen molar-refractivity contribution in [2.45, 2.75) is 63.4 Å². The number of halogens is 1. The van der Waals surface area contributed by atoms with Crippen LogP contribution < -0.4 is 0 Å². The Bertz CT molecular complexity index is 1020. The summed E-state index contributed by atoms with van der Waals surface area (Å²) >= 11 is 3.20. The van der Waals surface area contributed by atoms with Crippen molar-refractivity contribution in [2.24, 2.45) is 5.92 Å². The molecule has 2 heterocycles. The van der Waals surface area contributed by atoms with Crippen LogP contribution in [0.1, 0.15) is 32.3 Å². The number of carbonyl (C=O) groups excluding carboxylic acids is 3. The molecule has 39 heavy (non-hydrogen) atoms. The highest BCUT2D eigenvalue weighted by Crippen LogP contribution is 2.36. The Kier molecular flexibility index (Phi) is 11.6. The number of ether oxygens (including phenoxy) is 5. The van der Waals surface area contributed by atoms with E-state index >= 15 is 0 Å². The first-order valence-corrected chi connectivity index (χ1v) is 13.6. The maximum absolute atomic E-state index is 13.3. The molecule has 0 bridgehead atoms. The van der Waals surface area contributed by atoms with Gasteiger partial charge in [-0.1, -0.05) is 44.2 Å². The summed E-state index contributed by atoms with van der Waals surface area (Å²) in [5.41, 5.74) is 0.975. The van der Waals surface area contributed by atoms with E-state index < -0.39 is 47.9 Å². The molecular formula is C27H36BrNO10. The van der Waals surface area contributed by atoms with Gasteiger partial charge in [0.25, 0.3) is 5.91 Å². The van der Waals surface area contributed by atoms with Crippen molar-refractivity contribution in [3.05, 3.63) is 46.5 Å². The van der Waals surface area contributed by atoms with E-state index in [1.165, 1.54) is 7.11 Å². The van der Waals surface area contributed by atoms with Gasteiger partial charge in [0.05, 0.1) is 30.3 Å². The highest BCUT2D eigenvalue weighted by atomic mass is 79.9. The molecule has 2 N–H and O–H groups in total. The lowest BCUT2D eigenvalue weighted by molar-refractivity contribution is -0.227. The van der Waals surface area contributed by atoms with Crippen LogP contribution in [-0.2, 0) is 39.9 Å². The number of ketones is 1. The number of hydrogen-bond donors (Lipinski definition) is 2. The van der Waals surface area contributed by atoms with Crippen molar-refractivity contribution < 1.29 is 48.3 Å². The second-order valence-electron chi connectivity index (χ2n) is 9.75. The van der Waals surface area contributed by atoms with Gasteiger partial charge in [-0.2, -0.15) is 0 Å². The third-order valence-electron chi connectivity index (χ3n) is 6.57. The standard InChI is InChI=1S/C27H36BrNO10/c1-17(2)20-16-38-26(33)29(20)25(32)24(35-3)23-21(31)12-22(28)27(34,39-23)10-7-11-36-15-19(13-30)37-14-18-8-5-4-6-9-18/h4-6,8-9,12,17,19-20,23-24,30,34H,7,10-11,13-16H2,1-3H3/t19-,20-,23+,24+,27-/m1/s1. The van der Waals surface area contributed by atoms with Crippen molar-refractivity contribution in [3.8, 4) is 0 Å². The van der Waals surface area contributed by atoms with E-state index in [2.05, 4.69) is 15.9 Å². The minimum absolute atomic E-state index is 0.0214. The fourth-order valence-electron chi connectivity index (χ4n) is 4.28. The van der Waals surface area contributed by atoms with Crippen LogP contribution in [0.4, 0.5) is 4.79 Å². The Hall–Kier alpha value is -2.19. The van der Waals surface area contributed by atoms with E-state index in [4.69, 9.17) is 23.7 Å². The van der Waals surface area contributed by atoms with Gasteiger partial charge < -0.3 is 33.9 Å².